The molecular formula is C9H5ClF3NS. The SMILES string of the molecule is FC(F)(F)Sc1c[nH]c2cc(Cl)ccc12. The lowest BCUT2D eigenvalue weighted by atomic mass is 10.2. The Hall–Kier alpha value is -0.810. The lowest BCUT2D eigenvalue weighted by Gasteiger charge is -2.03. The van der Waals surface area contributed by atoms with Crippen molar-refractivity contribution in [2.45, 2.75) is 10.4 Å². The minimum absolute atomic E-state index is 0.132. The van der Waals surface area contributed by atoms with Crippen molar-refractivity contribution in [3.63, 3.8) is 0 Å². The molecule has 0 saturated carbocycles. The molecule has 0 aliphatic carbocycles. The van der Waals surface area contributed by atoms with Gasteiger partial charge in [-0.1, -0.05) is 17.7 Å². The van der Waals surface area contributed by atoms with Crippen LogP contribution < -0.4 is 0 Å². The summed E-state index contributed by atoms with van der Waals surface area (Å²) in [5.74, 6) is 0. The summed E-state index contributed by atoms with van der Waals surface area (Å²) in [5.41, 5.74) is -3.66. The fourth-order valence-corrected chi connectivity index (χ4v) is 2.11. The highest BCUT2D eigenvalue weighted by atomic mass is 35.5. The van der Waals surface area contributed by atoms with E-state index >= 15 is 0 Å². The Bertz CT molecular complexity index is 492. The molecule has 0 amide bonds. The molecule has 0 unspecified atom stereocenters. The molecule has 2 aromatic rings. The maximum atomic E-state index is 12.1. The molecule has 0 atom stereocenters. The Labute approximate surface area is 92.6 Å². The van der Waals surface area contributed by atoms with E-state index in [9.17, 15) is 13.2 Å². The van der Waals surface area contributed by atoms with Gasteiger partial charge in [0.15, 0.2) is 0 Å². The Morgan fingerprint density at radius 1 is 1.27 bits per heavy atom. The van der Waals surface area contributed by atoms with Gasteiger partial charge < -0.3 is 4.98 Å². The molecule has 0 fully saturated rings. The van der Waals surface area contributed by atoms with Crippen LogP contribution in [0, 0.1) is 0 Å². The monoisotopic (exact) mass is 251 g/mol. The molecule has 1 aromatic heterocycles. The predicted molar refractivity (Wildman–Crippen MR) is 55.2 cm³/mol. The molecule has 2 rings (SSSR count). The van der Waals surface area contributed by atoms with Crippen LogP contribution in [0.25, 0.3) is 10.9 Å². The fraction of sp³-hybridized carbons (Fsp3) is 0.111. The van der Waals surface area contributed by atoms with Gasteiger partial charge in [-0.3, -0.25) is 0 Å². The Balaban J connectivity index is 2.45. The highest BCUT2D eigenvalue weighted by Gasteiger charge is 2.30. The number of hydrogen-bond acceptors (Lipinski definition) is 1. The van der Waals surface area contributed by atoms with Gasteiger partial charge in [-0.05, 0) is 23.9 Å². The highest BCUT2D eigenvalue weighted by Crippen LogP contribution is 2.40. The summed E-state index contributed by atoms with van der Waals surface area (Å²) < 4.78 is 36.4. The van der Waals surface area contributed by atoms with E-state index in [1.807, 2.05) is 0 Å². The van der Waals surface area contributed by atoms with Gasteiger partial charge in [0.25, 0.3) is 0 Å². The molecule has 0 spiro atoms. The largest absolute Gasteiger partial charge is 0.446 e. The molecule has 80 valence electrons. The number of alkyl halides is 3. The zero-order valence-corrected chi connectivity index (χ0v) is 8.80. The molecule has 0 saturated heterocycles. The third kappa shape index (κ3) is 2.41. The molecule has 1 N–H and O–H groups in total. The lowest BCUT2D eigenvalue weighted by molar-refractivity contribution is -0.0327. The standard InChI is InChI=1S/C9H5ClF3NS/c10-5-1-2-6-7(3-5)14-4-8(6)15-9(11,12)13/h1-4,14H. The summed E-state index contributed by atoms with van der Waals surface area (Å²) in [7, 11) is 0. The van der Waals surface area contributed by atoms with Gasteiger partial charge in [-0.2, -0.15) is 13.2 Å². The quantitative estimate of drug-likeness (QED) is 0.741. The molecule has 1 heterocycles. The number of H-pyrrole nitrogens is 1. The number of aromatic nitrogens is 1. The van der Waals surface area contributed by atoms with Crippen molar-refractivity contribution >= 4 is 34.3 Å². The Kier molecular flexibility index (Phi) is 2.60. The summed E-state index contributed by atoms with van der Waals surface area (Å²) in [6, 6.07) is 4.73. The molecule has 0 aliphatic heterocycles. The molecule has 6 heteroatoms. The van der Waals surface area contributed by atoms with Crippen molar-refractivity contribution in [2.24, 2.45) is 0 Å². The second kappa shape index (κ2) is 3.64. The first kappa shape index (κ1) is 10.7. The Morgan fingerprint density at radius 3 is 2.67 bits per heavy atom. The molecule has 0 bridgehead atoms. The second-order valence-corrected chi connectivity index (χ2v) is 4.43. The molecular weight excluding hydrogens is 247 g/mol. The molecule has 1 aromatic carbocycles. The normalized spacial score (nSPS) is 12.3. The van der Waals surface area contributed by atoms with Crippen LogP contribution in [0.5, 0.6) is 0 Å². The van der Waals surface area contributed by atoms with E-state index in [0.29, 0.717) is 15.9 Å². The number of hydrogen-bond donors (Lipinski definition) is 1. The highest BCUT2D eigenvalue weighted by molar-refractivity contribution is 8.00. The van der Waals surface area contributed by atoms with E-state index in [4.69, 9.17) is 11.6 Å². The molecule has 0 radical (unpaired) electrons. The first-order valence-corrected chi connectivity index (χ1v) is 5.17. The van der Waals surface area contributed by atoms with Gasteiger partial charge in [0.2, 0.25) is 0 Å². The summed E-state index contributed by atoms with van der Waals surface area (Å²) in [6.45, 7) is 0. The number of fused-ring (bicyclic) bond motifs is 1. The van der Waals surface area contributed by atoms with E-state index < -0.39 is 5.51 Å². The number of halogens is 4. The van der Waals surface area contributed by atoms with Crippen LogP contribution in [0.4, 0.5) is 13.2 Å². The zero-order chi connectivity index (χ0) is 11.1. The fourth-order valence-electron chi connectivity index (χ4n) is 1.28. The molecule has 0 aliphatic rings. The van der Waals surface area contributed by atoms with Crippen LogP contribution in [0.1, 0.15) is 0 Å². The summed E-state index contributed by atoms with van der Waals surface area (Å²) in [6.07, 6.45) is 1.33. The van der Waals surface area contributed by atoms with Crippen molar-refractivity contribution in [1.29, 1.82) is 0 Å². The van der Waals surface area contributed by atoms with Crippen molar-refractivity contribution in [3.05, 3.63) is 29.4 Å². The maximum absolute atomic E-state index is 12.1. The maximum Gasteiger partial charge on any atom is 0.446 e. The van der Waals surface area contributed by atoms with Crippen molar-refractivity contribution in [3.8, 4) is 0 Å². The van der Waals surface area contributed by atoms with Gasteiger partial charge in [0.1, 0.15) is 0 Å². The number of nitrogens with one attached hydrogen (secondary N) is 1. The van der Waals surface area contributed by atoms with Crippen LogP contribution in [0.2, 0.25) is 5.02 Å². The van der Waals surface area contributed by atoms with Crippen molar-refractivity contribution < 1.29 is 13.2 Å². The van der Waals surface area contributed by atoms with Crippen LogP contribution in [-0.2, 0) is 0 Å². The summed E-state index contributed by atoms with van der Waals surface area (Å²) in [5, 5.41) is 1.02. The number of aromatic amines is 1. The minimum Gasteiger partial charge on any atom is -0.360 e. The van der Waals surface area contributed by atoms with Gasteiger partial charge in [0.05, 0.1) is 0 Å². The molecule has 15 heavy (non-hydrogen) atoms. The topological polar surface area (TPSA) is 15.8 Å². The first-order chi connectivity index (χ1) is 6.96. The van der Waals surface area contributed by atoms with Crippen LogP contribution in [-0.4, -0.2) is 10.5 Å². The lowest BCUT2D eigenvalue weighted by Crippen LogP contribution is -1.98. The van der Waals surface area contributed by atoms with E-state index in [0.717, 1.165) is 0 Å². The number of rotatable bonds is 1. The second-order valence-electron chi connectivity index (χ2n) is 2.89. The first-order valence-electron chi connectivity index (χ1n) is 3.98. The van der Waals surface area contributed by atoms with Crippen LogP contribution >= 0.6 is 23.4 Å². The zero-order valence-electron chi connectivity index (χ0n) is 7.23. The summed E-state index contributed by atoms with van der Waals surface area (Å²) >= 11 is 5.58. The average Bonchev–Trinajstić information content (AvgIpc) is 2.45. The minimum atomic E-state index is -4.27. The Morgan fingerprint density at radius 2 is 2.00 bits per heavy atom. The van der Waals surface area contributed by atoms with E-state index in [1.54, 1.807) is 18.2 Å². The number of benzene rings is 1. The van der Waals surface area contributed by atoms with Crippen molar-refractivity contribution in [1.82, 2.24) is 4.98 Å². The van der Waals surface area contributed by atoms with Crippen LogP contribution in [0.15, 0.2) is 29.3 Å². The van der Waals surface area contributed by atoms with Gasteiger partial charge in [-0.25, -0.2) is 0 Å². The van der Waals surface area contributed by atoms with E-state index in [-0.39, 0.29) is 16.7 Å². The van der Waals surface area contributed by atoms with E-state index in [1.165, 1.54) is 6.20 Å². The van der Waals surface area contributed by atoms with Crippen molar-refractivity contribution in [2.75, 3.05) is 0 Å². The predicted octanol–water partition coefficient (Wildman–Crippen LogP) is 4.43. The van der Waals surface area contributed by atoms with Gasteiger partial charge >= 0.3 is 5.51 Å². The third-order valence-electron chi connectivity index (χ3n) is 1.83. The average molecular weight is 252 g/mol. The van der Waals surface area contributed by atoms with E-state index in [2.05, 4.69) is 4.98 Å². The summed E-state index contributed by atoms with van der Waals surface area (Å²) in [4.78, 5) is 2.91. The third-order valence-corrected chi connectivity index (χ3v) is 2.86. The van der Waals surface area contributed by atoms with Gasteiger partial charge in [0, 0.05) is 27.0 Å². The smallest absolute Gasteiger partial charge is 0.360 e. The number of thioether (sulfide) groups is 1. The van der Waals surface area contributed by atoms with Gasteiger partial charge in [-0.15, -0.1) is 0 Å². The molecule has 1 nitrogen and oxygen atoms in total. The van der Waals surface area contributed by atoms with Crippen LogP contribution in [0.3, 0.4) is 0 Å².